The van der Waals surface area contributed by atoms with Gasteiger partial charge in [-0.1, -0.05) is 39.5 Å². The van der Waals surface area contributed by atoms with Crippen molar-refractivity contribution in [2.75, 3.05) is 0 Å². The summed E-state index contributed by atoms with van der Waals surface area (Å²) in [5.74, 6) is 0. The lowest BCUT2D eigenvalue weighted by Gasteiger charge is -2.06. The smallest absolute Gasteiger partial charge is 0.00686 e. The van der Waals surface area contributed by atoms with Gasteiger partial charge in [-0.05, 0) is 20.8 Å². The van der Waals surface area contributed by atoms with Crippen molar-refractivity contribution in [2.24, 2.45) is 5.73 Å². The molecule has 0 aromatic carbocycles. The number of unbranched alkanes of at least 4 members (excludes halogenated alkanes) is 3. The van der Waals surface area contributed by atoms with Crippen LogP contribution in [-0.2, 0) is 0 Å². The van der Waals surface area contributed by atoms with Crippen molar-refractivity contribution in [3.63, 3.8) is 0 Å². The van der Waals surface area contributed by atoms with Gasteiger partial charge >= 0.3 is 0 Å². The first kappa shape index (κ1) is 13.5. The van der Waals surface area contributed by atoms with Gasteiger partial charge in [-0.25, -0.2) is 0 Å². The quantitative estimate of drug-likeness (QED) is 0.628. The van der Waals surface area contributed by atoms with Crippen molar-refractivity contribution in [2.45, 2.75) is 65.8 Å². The van der Waals surface area contributed by atoms with Crippen LogP contribution in [0.15, 0.2) is 0 Å². The van der Waals surface area contributed by atoms with Gasteiger partial charge in [0.1, 0.15) is 0 Å². The van der Waals surface area contributed by atoms with Crippen LogP contribution in [0.1, 0.15) is 60.3 Å². The lowest BCUT2D eigenvalue weighted by Crippen LogP contribution is -2.26. The number of hydrogen-bond donors (Lipinski definition) is 1. The molecule has 0 rings (SSSR count). The zero-order valence-corrected chi connectivity index (χ0v) is 8.91. The van der Waals surface area contributed by atoms with Crippen LogP contribution < -0.4 is 5.73 Å². The molecular formula is C10H25N. The summed E-state index contributed by atoms with van der Waals surface area (Å²) in [6, 6.07) is 0. The van der Waals surface area contributed by atoms with Gasteiger partial charge in [0.2, 0.25) is 0 Å². The Kier molecular flexibility index (Phi) is 9.92. The molecule has 0 atom stereocenters. The van der Waals surface area contributed by atoms with E-state index < -0.39 is 0 Å². The van der Waals surface area contributed by atoms with Crippen molar-refractivity contribution in [1.82, 2.24) is 0 Å². The maximum atomic E-state index is 5.35. The normalized spacial score (nSPS) is 10.4. The van der Waals surface area contributed by atoms with Crippen molar-refractivity contribution >= 4 is 0 Å². The van der Waals surface area contributed by atoms with Gasteiger partial charge in [0, 0.05) is 5.54 Å². The molecule has 0 aliphatic carbocycles. The van der Waals surface area contributed by atoms with Crippen molar-refractivity contribution in [3.8, 4) is 0 Å². The molecule has 0 saturated carbocycles. The molecule has 2 N–H and O–H groups in total. The van der Waals surface area contributed by atoms with Crippen molar-refractivity contribution in [1.29, 1.82) is 0 Å². The summed E-state index contributed by atoms with van der Waals surface area (Å²) in [5, 5.41) is 0. The Balaban J connectivity index is 0. The zero-order chi connectivity index (χ0) is 9.33. The summed E-state index contributed by atoms with van der Waals surface area (Å²) >= 11 is 0. The molecule has 0 spiro atoms. The van der Waals surface area contributed by atoms with Crippen molar-refractivity contribution < 1.29 is 0 Å². The average Bonchev–Trinajstić information content (AvgIpc) is 1.79. The van der Waals surface area contributed by atoms with Crippen molar-refractivity contribution in [3.05, 3.63) is 0 Å². The molecule has 0 bridgehead atoms. The molecule has 0 aromatic rings. The number of rotatable bonds is 3. The van der Waals surface area contributed by atoms with Crippen LogP contribution in [0.4, 0.5) is 0 Å². The molecule has 0 saturated heterocycles. The van der Waals surface area contributed by atoms with Crippen LogP contribution in [0.25, 0.3) is 0 Å². The van der Waals surface area contributed by atoms with E-state index in [-0.39, 0.29) is 5.54 Å². The van der Waals surface area contributed by atoms with E-state index >= 15 is 0 Å². The van der Waals surface area contributed by atoms with Gasteiger partial charge in [0.05, 0.1) is 0 Å². The standard InChI is InChI=1S/C6H14.C4H11N/c1-3-5-6-4-2;1-4(2,3)5/h3-6H2,1-2H3;5H2,1-3H3. The zero-order valence-electron chi connectivity index (χ0n) is 8.91. The third-order valence-electron chi connectivity index (χ3n) is 0.957. The van der Waals surface area contributed by atoms with E-state index in [1.165, 1.54) is 25.7 Å². The monoisotopic (exact) mass is 159 g/mol. The molecular weight excluding hydrogens is 134 g/mol. The highest BCUT2D eigenvalue weighted by molar-refractivity contribution is 4.60. The lowest BCUT2D eigenvalue weighted by molar-refractivity contribution is 0.580. The second-order valence-corrected chi connectivity index (χ2v) is 4.07. The Labute approximate surface area is 72.4 Å². The van der Waals surface area contributed by atoms with Crippen LogP contribution in [0.3, 0.4) is 0 Å². The fourth-order valence-corrected chi connectivity index (χ4v) is 0.500. The molecule has 70 valence electrons. The van der Waals surface area contributed by atoms with E-state index in [1.54, 1.807) is 0 Å². The topological polar surface area (TPSA) is 26.0 Å². The minimum atomic E-state index is 0. The van der Waals surface area contributed by atoms with Gasteiger partial charge in [0.15, 0.2) is 0 Å². The highest BCUT2D eigenvalue weighted by atomic mass is 14.7. The van der Waals surface area contributed by atoms with E-state index in [1.807, 2.05) is 20.8 Å². The summed E-state index contributed by atoms with van der Waals surface area (Å²) in [6.45, 7) is 10.4. The predicted octanol–water partition coefficient (Wildman–Crippen LogP) is 3.33. The van der Waals surface area contributed by atoms with Gasteiger partial charge in [0.25, 0.3) is 0 Å². The van der Waals surface area contributed by atoms with E-state index in [9.17, 15) is 0 Å². The summed E-state index contributed by atoms with van der Waals surface area (Å²) in [7, 11) is 0. The number of hydrogen-bond acceptors (Lipinski definition) is 1. The highest BCUT2D eigenvalue weighted by Gasteiger charge is 1.95. The predicted molar refractivity (Wildman–Crippen MR) is 53.8 cm³/mol. The Morgan fingerprint density at radius 3 is 1.18 bits per heavy atom. The molecule has 0 unspecified atom stereocenters. The SMILES string of the molecule is CC(C)(C)N.CCCCCC. The molecule has 0 aliphatic heterocycles. The van der Waals surface area contributed by atoms with Crippen LogP contribution in [0.2, 0.25) is 0 Å². The maximum Gasteiger partial charge on any atom is 0.00686 e. The first-order valence-electron chi connectivity index (χ1n) is 4.70. The van der Waals surface area contributed by atoms with Gasteiger partial charge in [-0.3, -0.25) is 0 Å². The maximum absolute atomic E-state index is 5.35. The third-order valence-corrected chi connectivity index (χ3v) is 0.957. The second-order valence-electron chi connectivity index (χ2n) is 4.07. The average molecular weight is 159 g/mol. The first-order chi connectivity index (χ1) is 4.91. The molecule has 11 heavy (non-hydrogen) atoms. The van der Waals surface area contributed by atoms with Crippen LogP contribution in [0.5, 0.6) is 0 Å². The van der Waals surface area contributed by atoms with E-state index in [0.29, 0.717) is 0 Å². The second kappa shape index (κ2) is 8.06. The molecule has 0 radical (unpaired) electrons. The van der Waals surface area contributed by atoms with E-state index in [4.69, 9.17) is 5.73 Å². The molecule has 0 aromatic heterocycles. The minimum Gasteiger partial charge on any atom is -0.326 e. The largest absolute Gasteiger partial charge is 0.326 e. The summed E-state index contributed by atoms with van der Waals surface area (Å²) in [4.78, 5) is 0. The fraction of sp³-hybridized carbons (Fsp3) is 1.00. The molecule has 0 fully saturated rings. The lowest BCUT2D eigenvalue weighted by atomic mass is 10.1. The molecule has 0 heterocycles. The molecule has 0 amide bonds. The Morgan fingerprint density at radius 2 is 1.09 bits per heavy atom. The molecule has 1 heteroatoms. The van der Waals surface area contributed by atoms with E-state index in [2.05, 4.69) is 13.8 Å². The highest BCUT2D eigenvalue weighted by Crippen LogP contribution is 1.95. The Hall–Kier alpha value is -0.0400. The first-order valence-corrected chi connectivity index (χ1v) is 4.70. The minimum absolute atomic E-state index is 0. The molecule has 0 aliphatic rings. The van der Waals surface area contributed by atoms with Gasteiger partial charge in [-0.2, -0.15) is 0 Å². The fourth-order valence-electron chi connectivity index (χ4n) is 0.500. The van der Waals surface area contributed by atoms with Gasteiger partial charge < -0.3 is 5.73 Å². The summed E-state index contributed by atoms with van der Waals surface area (Å²) in [5.41, 5.74) is 5.35. The Bertz CT molecular complexity index is 51.8. The number of nitrogens with two attached hydrogens (primary N) is 1. The van der Waals surface area contributed by atoms with Crippen LogP contribution >= 0.6 is 0 Å². The summed E-state index contributed by atoms with van der Waals surface area (Å²) < 4.78 is 0. The van der Waals surface area contributed by atoms with E-state index in [0.717, 1.165) is 0 Å². The summed E-state index contributed by atoms with van der Waals surface area (Å²) in [6.07, 6.45) is 5.54. The van der Waals surface area contributed by atoms with Gasteiger partial charge in [-0.15, -0.1) is 0 Å². The molecule has 1 nitrogen and oxygen atoms in total. The third kappa shape index (κ3) is 72.0. The van der Waals surface area contributed by atoms with Crippen LogP contribution in [-0.4, -0.2) is 5.54 Å². The van der Waals surface area contributed by atoms with Crippen LogP contribution in [0, 0.1) is 0 Å². The Morgan fingerprint density at radius 1 is 0.909 bits per heavy atom.